The number of hydrogen-bond donors (Lipinski definition) is 1. The van der Waals surface area contributed by atoms with Crippen molar-refractivity contribution in [1.82, 2.24) is 4.98 Å². The largest absolute Gasteiger partial charge is 0.315 e. The number of nitrogens with zero attached hydrogens (tertiary/aromatic N) is 2. The summed E-state index contributed by atoms with van der Waals surface area (Å²) in [6.07, 6.45) is 1.16. The van der Waals surface area contributed by atoms with Gasteiger partial charge in [0.15, 0.2) is 5.13 Å². The first-order valence-corrected chi connectivity index (χ1v) is 7.92. The van der Waals surface area contributed by atoms with Crippen molar-refractivity contribution in [3.8, 4) is 0 Å². The molecule has 1 N–H and O–H groups in total. The van der Waals surface area contributed by atoms with Gasteiger partial charge < -0.3 is 4.90 Å². The van der Waals surface area contributed by atoms with E-state index in [1.807, 2.05) is 26.0 Å². The Morgan fingerprint density at radius 1 is 1.32 bits per heavy atom. The minimum Gasteiger partial charge on any atom is -0.315 e. The molecule has 2 amide bonds. The summed E-state index contributed by atoms with van der Waals surface area (Å²) in [4.78, 5) is 31.1. The highest BCUT2D eigenvalue weighted by molar-refractivity contribution is 7.15. The smallest absolute Gasteiger partial charge is 0.257 e. The molecule has 2 heterocycles. The number of fused-ring (bicyclic) bond motifs is 1. The molecule has 0 spiro atoms. The lowest BCUT2D eigenvalue weighted by atomic mass is 9.99. The van der Waals surface area contributed by atoms with Crippen molar-refractivity contribution in [2.45, 2.75) is 26.7 Å². The summed E-state index contributed by atoms with van der Waals surface area (Å²) in [5.41, 5.74) is 3.44. The number of rotatable bonds is 2. The van der Waals surface area contributed by atoms with E-state index in [1.165, 1.54) is 11.3 Å². The lowest BCUT2D eigenvalue weighted by Crippen LogP contribution is -2.31. The fraction of sp³-hybridized carbons (Fsp3) is 0.312. The average molecular weight is 315 g/mol. The van der Waals surface area contributed by atoms with Crippen LogP contribution in [0.4, 0.5) is 10.8 Å². The van der Waals surface area contributed by atoms with Crippen molar-refractivity contribution in [1.29, 1.82) is 0 Å². The van der Waals surface area contributed by atoms with Crippen molar-refractivity contribution < 1.29 is 9.59 Å². The van der Waals surface area contributed by atoms with Crippen LogP contribution in [0, 0.1) is 13.8 Å². The lowest BCUT2D eigenvalue weighted by Gasteiger charge is -2.25. The van der Waals surface area contributed by atoms with Gasteiger partial charge in [0.2, 0.25) is 5.91 Å². The van der Waals surface area contributed by atoms with E-state index in [9.17, 15) is 9.59 Å². The van der Waals surface area contributed by atoms with Crippen molar-refractivity contribution in [2.75, 3.05) is 17.3 Å². The molecule has 1 aromatic carbocycles. The summed E-state index contributed by atoms with van der Waals surface area (Å²) in [5.74, 6) is -0.0606. The normalized spacial score (nSPS) is 14.0. The molecule has 6 heteroatoms. The Morgan fingerprint density at radius 3 is 2.77 bits per heavy atom. The molecule has 1 aromatic heterocycles. The summed E-state index contributed by atoms with van der Waals surface area (Å²) >= 11 is 1.47. The highest BCUT2D eigenvalue weighted by Gasteiger charge is 2.22. The molecule has 22 heavy (non-hydrogen) atoms. The zero-order valence-corrected chi connectivity index (χ0v) is 13.6. The van der Waals surface area contributed by atoms with E-state index in [4.69, 9.17) is 0 Å². The fourth-order valence-electron chi connectivity index (χ4n) is 2.49. The number of nitrogens with one attached hydrogen (secondary N) is 1. The molecule has 0 atom stereocenters. The number of anilines is 2. The van der Waals surface area contributed by atoms with Crippen LogP contribution in [0.5, 0.6) is 0 Å². The zero-order chi connectivity index (χ0) is 15.9. The molecule has 0 unspecified atom stereocenters. The van der Waals surface area contributed by atoms with Gasteiger partial charge in [0.05, 0.1) is 5.69 Å². The van der Waals surface area contributed by atoms with Gasteiger partial charge in [0, 0.05) is 29.6 Å². The van der Waals surface area contributed by atoms with Crippen LogP contribution in [-0.2, 0) is 11.2 Å². The summed E-state index contributed by atoms with van der Waals surface area (Å²) in [6.45, 7) is 3.90. The molecule has 0 radical (unpaired) electrons. The highest BCUT2D eigenvalue weighted by Crippen LogP contribution is 2.28. The van der Waals surface area contributed by atoms with Crippen molar-refractivity contribution in [2.24, 2.45) is 0 Å². The van der Waals surface area contributed by atoms with Gasteiger partial charge in [0.1, 0.15) is 0 Å². The van der Waals surface area contributed by atoms with Gasteiger partial charge in [-0.1, -0.05) is 0 Å². The second-order valence-corrected chi connectivity index (χ2v) is 6.61. The molecule has 0 bridgehead atoms. The average Bonchev–Trinajstić information content (AvgIpc) is 2.80. The molecule has 0 fully saturated rings. The van der Waals surface area contributed by atoms with E-state index < -0.39 is 0 Å². The summed E-state index contributed by atoms with van der Waals surface area (Å²) in [5, 5.41) is 3.45. The standard InChI is InChI=1S/C16H17N3O2S/c1-9-10(2)22-16(17-9)18-15(21)12-4-6-13-11(8-12)5-7-14(20)19(13)3/h4,6,8H,5,7H2,1-3H3,(H,17,18,21). The van der Waals surface area contributed by atoms with Crippen LogP contribution in [-0.4, -0.2) is 23.8 Å². The number of benzene rings is 1. The first-order chi connectivity index (χ1) is 10.5. The molecule has 1 aliphatic rings. The van der Waals surface area contributed by atoms with E-state index in [2.05, 4.69) is 10.3 Å². The molecule has 0 saturated carbocycles. The molecule has 3 rings (SSSR count). The minimum absolute atomic E-state index is 0.110. The predicted octanol–water partition coefficient (Wildman–Crippen LogP) is 2.92. The van der Waals surface area contributed by atoms with Gasteiger partial charge in [-0.15, -0.1) is 11.3 Å². The molecular formula is C16H17N3O2S. The molecule has 0 aliphatic carbocycles. The Labute approximate surface area is 133 Å². The molecular weight excluding hydrogens is 298 g/mol. The van der Waals surface area contributed by atoms with Gasteiger partial charge in [-0.05, 0) is 44.0 Å². The van der Waals surface area contributed by atoms with E-state index in [0.29, 0.717) is 23.5 Å². The first-order valence-electron chi connectivity index (χ1n) is 7.10. The highest BCUT2D eigenvalue weighted by atomic mass is 32.1. The maximum atomic E-state index is 12.3. The van der Waals surface area contributed by atoms with E-state index in [-0.39, 0.29) is 11.8 Å². The SMILES string of the molecule is Cc1nc(NC(=O)c2ccc3c(c2)CCC(=O)N3C)sc1C. The second-order valence-electron chi connectivity index (χ2n) is 5.41. The molecule has 1 aliphatic heterocycles. The first kappa shape index (κ1) is 14.7. The lowest BCUT2D eigenvalue weighted by molar-refractivity contribution is -0.118. The van der Waals surface area contributed by atoms with Crippen LogP contribution in [0.25, 0.3) is 0 Å². The van der Waals surface area contributed by atoms with Crippen LogP contribution < -0.4 is 10.2 Å². The Hall–Kier alpha value is -2.21. The van der Waals surface area contributed by atoms with Crippen LogP contribution in [0.15, 0.2) is 18.2 Å². The monoisotopic (exact) mass is 315 g/mol. The van der Waals surface area contributed by atoms with E-state index >= 15 is 0 Å². The third kappa shape index (κ3) is 2.62. The number of hydrogen-bond acceptors (Lipinski definition) is 4. The van der Waals surface area contributed by atoms with Crippen molar-refractivity contribution in [3.05, 3.63) is 39.9 Å². The Morgan fingerprint density at radius 2 is 2.09 bits per heavy atom. The molecule has 2 aromatic rings. The summed E-state index contributed by atoms with van der Waals surface area (Å²) in [6, 6.07) is 5.44. The van der Waals surface area contributed by atoms with Gasteiger partial charge >= 0.3 is 0 Å². The summed E-state index contributed by atoms with van der Waals surface area (Å²) in [7, 11) is 1.77. The molecule has 5 nitrogen and oxygen atoms in total. The number of carbonyl (C=O) groups is 2. The summed E-state index contributed by atoms with van der Waals surface area (Å²) < 4.78 is 0. The predicted molar refractivity (Wildman–Crippen MR) is 87.7 cm³/mol. The van der Waals surface area contributed by atoms with Crippen molar-refractivity contribution in [3.63, 3.8) is 0 Å². The van der Waals surface area contributed by atoms with Crippen molar-refractivity contribution >= 4 is 34.0 Å². The van der Waals surface area contributed by atoms with E-state index in [0.717, 1.165) is 21.8 Å². The fourth-order valence-corrected chi connectivity index (χ4v) is 3.30. The maximum absolute atomic E-state index is 12.3. The topological polar surface area (TPSA) is 62.3 Å². The zero-order valence-electron chi connectivity index (χ0n) is 12.8. The molecule has 114 valence electrons. The van der Waals surface area contributed by atoms with Gasteiger partial charge in [-0.3, -0.25) is 14.9 Å². The van der Waals surface area contributed by atoms with Gasteiger partial charge in [-0.25, -0.2) is 4.98 Å². The van der Waals surface area contributed by atoms with Crippen LogP contribution >= 0.6 is 11.3 Å². The number of thiazole rings is 1. The van der Waals surface area contributed by atoms with E-state index in [1.54, 1.807) is 18.0 Å². The third-order valence-corrected chi connectivity index (χ3v) is 4.92. The Balaban J connectivity index is 1.83. The number of aryl methyl sites for hydroxylation is 3. The van der Waals surface area contributed by atoms with Gasteiger partial charge in [0.25, 0.3) is 5.91 Å². The van der Waals surface area contributed by atoms with Gasteiger partial charge in [-0.2, -0.15) is 0 Å². The molecule has 0 saturated heterocycles. The minimum atomic E-state index is -0.170. The number of amides is 2. The Kier molecular flexibility index (Phi) is 3.70. The number of carbonyl (C=O) groups excluding carboxylic acids is 2. The van der Waals surface area contributed by atoms with Crippen LogP contribution in [0.1, 0.15) is 32.9 Å². The maximum Gasteiger partial charge on any atom is 0.257 e. The second kappa shape index (κ2) is 5.53. The third-order valence-electron chi connectivity index (χ3n) is 3.93. The number of aromatic nitrogens is 1. The quantitative estimate of drug-likeness (QED) is 0.927. The Bertz CT molecular complexity index is 747. The van der Waals surface area contributed by atoms with Crippen LogP contribution in [0.2, 0.25) is 0 Å². The van der Waals surface area contributed by atoms with Crippen LogP contribution in [0.3, 0.4) is 0 Å².